The van der Waals surface area contributed by atoms with Gasteiger partial charge in [0.25, 0.3) is 0 Å². The number of para-hydroxylation sites is 2. The molecule has 0 aliphatic heterocycles. The molecule has 0 amide bonds. The van der Waals surface area contributed by atoms with Crippen LogP contribution in [-0.4, -0.2) is 14.8 Å². The van der Waals surface area contributed by atoms with Gasteiger partial charge in [-0.15, -0.1) is 10.2 Å². The van der Waals surface area contributed by atoms with Crippen LogP contribution in [0, 0.1) is 0 Å². The van der Waals surface area contributed by atoms with Crippen molar-refractivity contribution in [2.45, 2.75) is 19.8 Å². The van der Waals surface area contributed by atoms with Gasteiger partial charge < -0.3 is 8.98 Å². The van der Waals surface area contributed by atoms with Gasteiger partial charge in [0.1, 0.15) is 0 Å². The van der Waals surface area contributed by atoms with Gasteiger partial charge in [-0.1, -0.05) is 68.4 Å². The maximum atomic E-state index is 6.07. The summed E-state index contributed by atoms with van der Waals surface area (Å²) < 4.78 is 8.36. The number of rotatable bonds is 4. The second kappa shape index (κ2) is 7.75. The van der Waals surface area contributed by atoms with Gasteiger partial charge in [-0.05, 0) is 53.9 Å². The van der Waals surface area contributed by atoms with Crippen molar-refractivity contribution < 1.29 is 4.42 Å². The lowest BCUT2D eigenvalue weighted by Crippen LogP contribution is -1.94. The molecular weight excluding hydrogens is 406 g/mol. The van der Waals surface area contributed by atoms with Crippen molar-refractivity contribution in [2.24, 2.45) is 0 Å². The van der Waals surface area contributed by atoms with Crippen LogP contribution in [0.25, 0.3) is 50.4 Å². The van der Waals surface area contributed by atoms with Crippen LogP contribution < -0.4 is 0 Å². The molecule has 0 spiro atoms. The predicted octanol–water partition coefficient (Wildman–Crippen LogP) is 7.62. The van der Waals surface area contributed by atoms with Crippen LogP contribution in [0.4, 0.5) is 0 Å². The predicted molar refractivity (Wildman–Crippen MR) is 134 cm³/mol. The molecular formula is C29H23N3O. The average molecular weight is 430 g/mol. The fourth-order valence-corrected chi connectivity index (χ4v) is 4.45. The fraction of sp³-hybridized carbons (Fsp3) is 0.103. The van der Waals surface area contributed by atoms with E-state index in [1.807, 2.05) is 24.3 Å². The number of aromatic nitrogens is 3. The summed E-state index contributed by atoms with van der Waals surface area (Å²) in [5, 5.41) is 11.1. The molecule has 160 valence electrons. The highest BCUT2D eigenvalue weighted by molar-refractivity contribution is 6.09. The SMILES string of the molecule is CC(C)c1ccc(-c2nnc(-c3cccc(-n4c5ccccc5c5ccccc54)c3)o2)cc1. The largest absolute Gasteiger partial charge is 0.416 e. The van der Waals surface area contributed by atoms with E-state index < -0.39 is 0 Å². The molecule has 6 rings (SSSR count). The second-order valence-electron chi connectivity index (χ2n) is 8.61. The first-order valence-electron chi connectivity index (χ1n) is 11.2. The Bertz CT molecular complexity index is 1540. The van der Waals surface area contributed by atoms with Crippen LogP contribution in [0.15, 0.2) is 101 Å². The maximum Gasteiger partial charge on any atom is 0.248 e. The van der Waals surface area contributed by atoms with Crippen LogP contribution in [0.5, 0.6) is 0 Å². The van der Waals surface area contributed by atoms with Crippen LogP contribution >= 0.6 is 0 Å². The molecule has 6 aromatic rings. The van der Waals surface area contributed by atoms with Crippen LogP contribution in [0.2, 0.25) is 0 Å². The summed E-state index contributed by atoms with van der Waals surface area (Å²) in [7, 11) is 0. The van der Waals surface area contributed by atoms with Gasteiger partial charge >= 0.3 is 0 Å². The van der Waals surface area contributed by atoms with Crippen molar-refractivity contribution in [2.75, 3.05) is 0 Å². The summed E-state index contributed by atoms with van der Waals surface area (Å²) in [5.74, 6) is 1.53. The number of benzene rings is 4. The Hall–Kier alpha value is -4.18. The molecule has 0 aliphatic rings. The van der Waals surface area contributed by atoms with E-state index in [4.69, 9.17) is 4.42 Å². The van der Waals surface area contributed by atoms with Crippen LogP contribution in [0.3, 0.4) is 0 Å². The lowest BCUT2D eigenvalue weighted by atomic mass is 10.0. The molecule has 4 aromatic carbocycles. The van der Waals surface area contributed by atoms with E-state index in [0.29, 0.717) is 17.7 Å². The van der Waals surface area contributed by atoms with E-state index in [1.165, 1.54) is 27.4 Å². The standard InChI is InChI=1S/C29H23N3O/c1-19(2)20-14-16-21(17-15-20)28-30-31-29(33-28)22-8-7-9-23(18-22)32-26-12-5-3-10-24(26)25-11-4-6-13-27(25)32/h3-19H,1-2H3. The first-order valence-corrected chi connectivity index (χ1v) is 11.2. The molecule has 0 fully saturated rings. The third kappa shape index (κ3) is 3.31. The van der Waals surface area contributed by atoms with E-state index in [2.05, 4.69) is 101 Å². The summed E-state index contributed by atoms with van der Waals surface area (Å²) in [6, 6.07) is 33.6. The van der Waals surface area contributed by atoms with Gasteiger partial charge in [0.05, 0.1) is 11.0 Å². The zero-order chi connectivity index (χ0) is 22.4. The van der Waals surface area contributed by atoms with Gasteiger partial charge in [0.2, 0.25) is 11.8 Å². The highest BCUT2D eigenvalue weighted by Crippen LogP contribution is 2.33. The average Bonchev–Trinajstić information content (AvgIpc) is 3.48. The summed E-state index contributed by atoms with van der Waals surface area (Å²) in [5.41, 5.74) is 6.52. The lowest BCUT2D eigenvalue weighted by Gasteiger charge is -2.08. The molecule has 4 nitrogen and oxygen atoms in total. The number of fused-ring (bicyclic) bond motifs is 3. The Morgan fingerprint density at radius 2 is 1.24 bits per heavy atom. The number of hydrogen-bond acceptors (Lipinski definition) is 3. The third-order valence-electron chi connectivity index (χ3n) is 6.18. The Balaban J connectivity index is 1.43. The lowest BCUT2D eigenvalue weighted by molar-refractivity contribution is 0.584. The molecule has 0 aliphatic carbocycles. The molecule has 0 saturated heterocycles. The minimum Gasteiger partial charge on any atom is -0.416 e. The van der Waals surface area contributed by atoms with E-state index in [1.54, 1.807) is 0 Å². The zero-order valence-corrected chi connectivity index (χ0v) is 18.6. The minimum atomic E-state index is 0.487. The molecule has 0 N–H and O–H groups in total. The molecule has 2 aromatic heterocycles. The van der Waals surface area contributed by atoms with Crippen molar-refractivity contribution in [1.29, 1.82) is 0 Å². The second-order valence-corrected chi connectivity index (χ2v) is 8.61. The maximum absolute atomic E-state index is 6.07. The first-order chi connectivity index (χ1) is 16.2. The Morgan fingerprint density at radius 3 is 1.88 bits per heavy atom. The summed E-state index contributed by atoms with van der Waals surface area (Å²) >= 11 is 0. The Labute approximate surface area is 192 Å². The molecule has 33 heavy (non-hydrogen) atoms. The van der Waals surface area contributed by atoms with Crippen LogP contribution in [0.1, 0.15) is 25.3 Å². The Morgan fingerprint density at radius 1 is 0.636 bits per heavy atom. The van der Waals surface area contributed by atoms with Crippen LogP contribution in [-0.2, 0) is 0 Å². The van der Waals surface area contributed by atoms with Crippen molar-refractivity contribution >= 4 is 21.8 Å². The highest BCUT2D eigenvalue weighted by Gasteiger charge is 2.15. The highest BCUT2D eigenvalue weighted by atomic mass is 16.4. The first kappa shape index (κ1) is 19.5. The van der Waals surface area contributed by atoms with E-state index in [-0.39, 0.29) is 0 Å². The van der Waals surface area contributed by atoms with Gasteiger partial charge in [-0.2, -0.15) is 0 Å². The summed E-state index contributed by atoms with van der Waals surface area (Å²) in [6.07, 6.45) is 0. The fourth-order valence-electron chi connectivity index (χ4n) is 4.45. The van der Waals surface area contributed by atoms with Crippen molar-refractivity contribution in [3.05, 3.63) is 103 Å². The number of hydrogen-bond donors (Lipinski definition) is 0. The Kier molecular flexibility index (Phi) is 4.58. The number of nitrogens with zero attached hydrogens (tertiary/aromatic N) is 3. The van der Waals surface area contributed by atoms with Gasteiger partial charge in [-0.3, -0.25) is 0 Å². The van der Waals surface area contributed by atoms with Gasteiger partial charge in [0.15, 0.2) is 0 Å². The molecule has 2 heterocycles. The van der Waals surface area contributed by atoms with E-state index >= 15 is 0 Å². The quantitative estimate of drug-likeness (QED) is 0.289. The van der Waals surface area contributed by atoms with Crippen molar-refractivity contribution in [1.82, 2.24) is 14.8 Å². The zero-order valence-electron chi connectivity index (χ0n) is 18.6. The molecule has 0 atom stereocenters. The third-order valence-corrected chi connectivity index (χ3v) is 6.18. The monoisotopic (exact) mass is 429 g/mol. The van der Waals surface area contributed by atoms with Gasteiger partial charge in [0, 0.05) is 27.6 Å². The summed E-state index contributed by atoms with van der Waals surface area (Å²) in [4.78, 5) is 0. The van der Waals surface area contributed by atoms with Crippen molar-refractivity contribution in [3.63, 3.8) is 0 Å². The summed E-state index contributed by atoms with van der Waals surface area (Å²) in [6.45, 7) is 4.37. The smallest absolute Gasteiger partial charge is 0.248 e. The molecule has 4 heteroatoms. The van der Waals surface area contributed by atoms with E-state index in [9.17, 15) is 0 Å². The normalized spacial score (nSPS) is 11.6. The molecule has 0 saturated carbocycles. The van der Waals surface area contributed by atoms with Crippen molar-refractivity contribution in [3.8, 4) is 28.6 Å². The molecule has 0 bridgehead atoms. The minimum absolute atomic E-state index is 0.487. The molecule has 0 unspecified atom stereocenters. The van der Waals surface area contributed by atoms with Gasteiger partial charge in [-0.25, -0.2) is 0 Å². The topological polar surface area (TPSA) is 43.9 Å². The van der Waals surface area contributed by atoms with E-state index in [0.717, 1.165) is 16.8 Å². The molecule has 0 radical (unpaired) electrons.